The van der Waals surface area contributed by atoms with Gasteiger partial charge >= 0.3 is 5.97 Å². The molecule has 11 heteroatoms. The van der Waals surface area contributed by atoms with Crippen molar-refractivity contribution in [2.75, 3.05) is 6.61 Å². The second-order valence-corrected chi connectivity index (χ2v) is 31.1. The molecule has 1 fully saturated rings. The Morgan fingerprint density at radius 3 is 1.60 bits per heavy atom. The van der Waals surface area contributed by atoms with E-state index in [1.54, 1.807) is 24.3 Å². The minimum atomic E-state index is -2.49. The van der Waals surface area contributed by atoms with E-state index in [1.807, 2.05) is 0 Å². The molecule has 8 nitrogen and oxygen atoms in total. The summed E-state index contributed by atoms with van der Waals surface area (Å²) in [4.78, 5) is 13.8. The zero-order chi connectivity index (χ0) is 34.8. The van der Waals surface area contributed by atoms with Crippen LogP contribution < -0.4 is 4.74 Å². The number of esters is 1. The van der Waals surface area contributed by atoms with E-state index in [0.29, 0.717) is 5.75 Å². The SMILES string of the molecule is C=CCOC(=O)[C@H]1O[C@@H](Oc2ccc(CO)cc2)[C@H](O[Si](C)(C)C(C)(C)C)[C@@H](O[Si](C)(C)C(C)(C)C)[C@H]1O[Si](C)(C)C(C)(C)C. The summed E-state index contributed by atoms with van der Waals surface area (Å²) in [7, 11) is -7.42. The number of ether oxygens (including phenoxy) is 3. The van der Waals surface area contributed by atoms with Crippen LogP contribution in [0.4, 0.5) is 0 Å². The van der Waals surface area contributed by atoms with Crippen LogP contribution in [0.25, 0.3) is 0 Å². The first kappa shape index (κ1) is 39.9. The first-order valence-electron chi connectivity index (χ1n) is 16.1. The van der Waals surface area contributed by atoms with Crippen molar-refractivity contribution in [1.29, 1.82) is 0 Å². The molecule has 1 N–H and O–H groups in total. The van der Waals surface area contributed by atoms with Gasteiger partial charge in [0, 0.05) is 0 Å². The van der Waals surface area contributed by atoms with Gasteiger partial charge in [-0.05, 0) is 72.1 Å². The van der Waals surface area contributed by atoms with Crippen molar-refractivity contribution >= 4 is 30.9 Å². The molecule has 0 unspecified atom stereocenters. The Kier molecular flexibility index (Phi) is 12.8. The average molecular weight is 683 g/mol. The first-order chi connectivity index (χ1) is 20.3. The fourth-order valence-electron chi connectivity index (χ4n) is 4.07. The molecule has 0 spiro atoms. The van der Waals surface area contributed by atoms with Gasteiger partial charge in [0.15, 0.2) is 31.1 Å². The molecule has 0 amide bonds. The molecule has 0 aromatic heterocycles. The topological polar surface area (TPSA) is 92.7 Å². The summed E-state index contributed by atoms with van der Waals surface area (Å²) in [6.07, 6.45) is -2.80. The van der Waals surface area contributed by atoms with Gasteiger partial charge in [-0.25, -0.2) is 4.79 Å². The highest BCUT2D eigenvalue weighted by Gasteiger charge is 2.59. The zero-order valence-electron chi connectivity index (χ0n) is 30.7. The third-order valence-corrected chi connectivity index (χ3v) is 23.6. The van der Waals surface area contributed by atoms with E-state index in [4.69, 9.17) is 27.5 Å². The number of hydrogen-bond donors (Lipinski definition) is 1. The van der Waals surface area contributed by atoms with E-state index < -0.39 is 61.6 Å². The lowest BCUT2D eigenvalue weighted by molar-refractivity contribution is -0.263. The van der Waals surface area contributed by atoms with Gasteiger partial charge in [-0.3, -0.25) is 0 Å². The van der Waals surface area contributed by atoms with Crippen molar-refractivity contribution in [1.82, 2.24) is 0 Å². The maximum Gasteiger partial charge on any atom is 0.338 e. The molecule has 0 radical (unpaired) electrons. The van der Waals surface area contributed by atoms with Gasteiger partial charge in [0.05, 0.1) is 6.61 Å². The Hall–Kier alpha value is -1.32. The van der Waals surface area contributed by atoms with Gasteiger partial charge in [-0.2, -0.15) is 0 Å². The molecule has 1 aromatic rings. The second-order valence-electron chi connectivity index (χ2n) is 16.8. The van der Waals surface area contributed by atoms with Crippen molar-refractivity contribution in [3.63, 3.8) is 0 Å². The first-order valence-corrected chi connectivity index (χ1v) is 24.8. The number of rotatable bonds is 12. The van der Waals surface area contributed by atoms with Crippen molar-refractivity contribution in [3.8, 4) is 5.75 Å². The summed E-state index contributed by atoms with van der Waals surface area (Å²) < 4.78 is 40.4. The third-order valence-electron chi connectivity index (χ3n) is 10.1. The second kappa shape index (κ2) is 14.4. The molecule has 1 aliphatic rings. The standard InChI is InChI=1S/C34H62O8Si3/c1-17-22-37-30(36)28-26(40-43(11,12)32(2,3)4)27(41-44(13,14)33(5,6)7)29(42-45(15,16)34(8,9)10)31(39-28)38-25-20-18-24(23-35)19-21-25/h17-21,26-29,31,35H,1,22-23H2,2-16H3/t26-,27+,28+,29-,31-/m1/s1. The Labute approximate surface area is 276 Å². The van der Waals surface area contributed by atoms with E-state index in [0.717, 1.165) is 5.56 Å². The summed E-state index contributed by atoms with van der Waals surface area (Å²) in [6.45, 7) is 36.4. The molecule has 0 saturated carbocycles. The molecule has 45 heavy (non-hydrogen) atoms. The normalized spacial score (nSPS) is 23.9. The largest absolute Gasteiger partial charge is 0.462 e. The predicted molar refractivity (Wildman–Crippen MR) is 189 cm³/mol. The Bertz CT molecular complexity index is 1130. The Morgan fingerprint density at radius 1 is 0.778 bits per heavy atom. The van der Waals surface area contributed by atoms with Crippen molar-refractivity contribution in [2.45, 2.75) is 154 Å². The lowest BCUT2D eigenvalue weighted by Crippen LogP contribution is -2.69. The number of carbonyl (C=O) groups excluding carboxylic acids is 1. The maximum absolute atomic E-state index is 13.8. The Morgan fingerprint density at radius 2 is 1.20 bits per heavy atom. The Balaban J connectivity index is 2.85. The summed E-state index contributed by atoms with van der Waals surface area (Å²) in [6, 6.07) is 7.16. The summed E-state index contributed by atoms with van der Waals surface area (Å²) in [5.41, 5.74) is 0.758. The number of hydrogen-bond acceptors (Lipinski definition) is 8. The van der Waals surface area contributed by atoms with Gasteiger partial charge in [-0.1, -0.05) is 87.1 Å². The molecule has 1 aromatic carbocycles. The average Bonchev–Trinajstić information content (AvgIpc) is 2.88. The van der Waals surface area contributed by atoms with E-state index in [2.05, 4.69) is 108 Å². The highest BCUT2D eigenvalue weighted by Crippen LogP contribution is 2.46. The molecule has 258 valence electrons. The van der Waals surface area contributed by atoms with Gasteiger partial charge in [0.2, 0.25) is 6.29 Å². The van der Waals surface area contributed by atoms with Crippen molar-refractivity contribution in [2.24, 2.45) is 0 Å². The minimum absolute atomic E-state index is 0.0390. The van der Waals surface area contributed by atoms with Crippen molar-refractivity contribution in [3.05, 3.63) is 42.5 Å². The molecule has 1 heterocycles. The lowest BCUT2D eigenvalue weighted by atomic mass is 9.99. The highest BCUT2D eigenvalue weighted by molar-refractivity contribution is 6.75. The molecule has 0 aliphatic carbocycles. The molecule has 5 atom stereocenters. The van der Waals surface area contributed by atoms with Crippen LogP contribution in [0.3, 0.4) is 0 Å². The third kappa shape index (κ3) is 9.85. The van der Waals surface area contributed by atoms with Crippen LogP contribution in [0.5, 0.6) is 5.75 Å². The number of carbonyl (C=O) groups is 1. The molecule has 2 rings (SSSR count). The predicted octanol–water partition coefficient (Wildman–Crippen LogP) is 8.18. The number of benzene rings is 1. The van der Waals surface area contributed by atoms with Crippen LogP contribution in [-0.2, 0) is 34.2 Å². The minimum Gasteiger partial charge on any atom is -0.462 e. The van der Waals surface area contributed by atoms with Crippen LogP contribution in [0.15, 0.2) is 36.9 Å². The highest BCUT2D eigenvalue weighted by atomic mass is 28.4. The summed E-state index contributed by atoms with van der Waals surface area (Å²) >= 11 is 0. The van der Waals surface area contributed by atoms with E-state index >= 15 is 0 Å². The molecular weight excluding hydrogens is 621 g/mol. The van der Waals surface area contributed by atoms with Gasteiger partial charge in [-0.15, -0.1) is 0 Å². The summed E-state index contributed by atoms with van der Waals surface area (Å²) in [5.74, 6) is -0.0356. The lowest BCUT2D eigenvalue weighted by Gasteiger charge is -2.53. The quantitative estimate of drug-likeness (QED) is 0.134. The van der Waals surface area contributed by atoms with E-state index in [9.17, 15) is 9.90 Å². The molecule has 1 saturated heterocycles. The van der Waals surface area contributed by atoms with Crippen LogP contribution >= 0.6 is 0 Å². The van der Waals surface area contributed by atoms with Crippen LogP contribution in [-0.4, -0.2) is 73.3 Å². The van der Waals surface area contributed by atoms with Crippen molar-refractivity contribution < 1.29 is 37.4 Å². The van der Waals surface area contributed by atoms with E-state index in [1.165, 1.54) is 6.08 Å². The monoisotopic (exact) mass is 682 g/mol. The number of aliphatic hydroxyl groups is 1. The van der Waals surface area contributed by atoms with E-state index in [-0.39, 0.29) is 28.3 Å². The zero-order valence-corrected chi connectivity index (χ0v) is 33.7. The summed E-state index contributed by atoms with van der Waals surface area (Å²) in [5, 5.41) is 9.17. The fraction of sp³-hybridized carbons (Fsp3) is 0.735. The molecule has 0 bridgehead atoms. The van der Waals surface area contributed by atoms with Gasteiger partial charge < -0.3 is 32.6 Å². The maximum atomic E-state index is 13.8. The van der Waals surface area contributed by atoms with Gasteiger partial charge in [0.1, 0.15) is 30.7 Å². The number of aliphatic hydroxyl groups excluding tert-OH is 1. The van der Waals surface area contributed by atoms with Crippen LogP contribution in [0, 0.1) is 0 Å². The fourth-order valence-corrected chi connectivity index (χ4v) is 7.94. The molecular formula is C34H62O8Si3. The van der Waals surface area contributed by atoms with Crippen LogP contribution in [0.2, 0.25) is 54.4 Å². The molecule has 1 aliphatic heterocycles. The van der Waals surface area contributed by atoms with Crippen LogP contribution in [0.1, 0.15) is 67.9 Å². The smallest absolute Gasteiger partial charge is 0.338 e. The van der Waals surface area contributed by atoms with Gasteiger partial charge in [0.25, 0.3) is 0 Å².